The number of hydrogen-bond acceptors (Lipinski definition) is 3. The van der Waals surface area contributed by atoms with Crippen LogP contribution in [0.1, 0.15) is 30.1 Å². The van der Waals surface area contributed by atoms with Crippen LogP contribution in [-0.4, -0.2) is 24.1 Å². The smallest absolute Gasteiger partial charge is 0.337 e. The zero-order valence-electron chi connectivity index (χ0n) is 10.0. The summed E-state index contributed by atoms with van der Waals surface area (Å²) >= 11 is 0. The number of hydrogen-bond donors (Lipinski definition) is 1. The SMILES string of the molecule is CCCCP(=O)(O)c1cccc(C(=O)OC)c1. The molecule has 0 fully saturated rings. The van der Waals surface area contributed by atoms with E-state index in [0.29, 0.717) is 17.3 Å². The lowest BCUT2D eigenvalue weighted by atomic mass is 10.2. The van der Waals surface area contributed by atoms with Gasteiger partial charge in [-0.15, -0.1) is 0 Å². The molecular weight excluding hydrogens is 239 g/mol. The third kappa shape index (κ3) is 3.69. The van der Waals surface area contributed by atoms with Gasteiger partial charge in [0.05, 0.1) is 12.7 Å². The first-order valence-corrected chi connectivity index (χ1v) is 7.36. The second-order valence-corrected chi connectivity index (χ2v) is 6.19. The van der Waals surface area contributed by atoms with Crippen molar-refractivity contribution >= 4 is 18.6 Å². The van der Waals surface area contributed by atoms with Crippen molar-refractivity contribution in [1.82, 2.24) is 0 Å². The maximum Gasteiger partial charge on any atom is 0.337 e. The number of carbonyl (C=O) groups is 1. The molecule has 0 saturated heterocycles. The predicted molar refractivity (Wildman–Crippen MR) is 67.0 cm³/mol. The summed E-state index contributed by atoms with van der Waals surface area (Å²) < 4.78 is 16.6. The molecular formula is C12H17O4P. The molecule has 1 unspecified atom stereocenters. The van der Waals surface area contributed by atoms with Crippen molar-refractivity contribution in [3.63, 3.8) is 0 Å². The molecule has 0 aromatic heterocycles. The summed E-state index contributed by atoms with van der Waals surface area (Å²) in [4.78, 5) is 21.2. The first-order valence-electron chi connectivity index (χ1n) is 5.52. The van der Waals surface area contributed by atoms with Gasteiger partial charge < -0.3 is 9.63 Å². The van der Waals surface area contributed by atoms with Gasteiger partial charge in [-0.05, 0) is 24.6 Å². The van der Waals surface area contributed by atoms with Gasteiger partial charge in [0.2, 0.25) is 7.37 Å². The van der Waals surface area contributed by atoms with Gasteiger partial charge in [0.15, 0.2) is 0 Å². The van der Waals surface area contributed by atoms with Crippen LogP contribution >= 0.6 is 7.37 Å². The van der Waals surface area contributed by atoms with Crippen LogP contribution in [0.25, 0.3) is 0 Å². The van der Waals surface area contributed by atoms with Crippen LogP contribution in [0.5, 0.6) is 0 Å². The summed E-state index contributed by atoms with van der Waals surface area (Å²) in [6, 6.07) is 6.16. The number of rotatable bonds is 5. The Balaban J connectivity index is 2.98. The van der Waals surface area contributed by atoms with E-state index in [2.05, 4.69) is 4.74 Å². The number of ether oxygens (including phenoxy) is 1. The van der Waals surface area contributed by atoms with Gasteiger partial charge in [0.25, 0.3) is 0 Å². The Labute approximate surface area is 101 Å². The van der Waals surface area contributed by atoms with E-state index >= 15 is 0 Å². The summed E-state index contributed by atoms with van der Waals surface area (Å²) in [5, 5.41) is 0.314. The fraction of sp³-hybridized carbons (Fsp3) is 0.417. The summed E-state index contributed by atoms with van der Waals surface area (Å²) in [7, 11) is -2.06. The first kappa shape index (κ1) is 13.9. The van der Waals surface area contributed by atoms with Gasteiger partial charge in [-0.2, -0.15) is 0 Å². The third-order valence-electron chi connectivity index (χ3n) is 2.49. The largest absolute Gasteiger partial charge is 0.465 e. The summed E-state index contributed by atoms with van der Waals surface area (Å²) in [5.41, 5.74) is 0.302. The van der Waals surface area contributed by atoms with Gasteiger partial charge in [0.1, 0.15) is 0 Å². The van der Waals surface area contributed by atoms with E-state index in [0.717, 1.165) is 6.42 Å². The molecule has 0 saturated carbocycles. The lowest BCUT2D eigenvalue weighted by Gasteiger charge is -2.11. The minimum atomic E-state index is -3.35. The highest BCUT2D eigenvalue weighted by atomic mass is 31.2. The van der Waals surface area contributed by atoms with Crippen molar-refractivity contribution < 1.29 is 19.0 Å². The molecule has 0 heterocycles. The molecule has 0 aliphatic heterocycles. The zero-order valence-corrected chi connectivity index (χ0v) is 10.9. The minimum Gasteiger partial charge on any atom is -0.465 e. The normalized spacial score (nSPS) is 14.1. The molecule has 17 heavy (non-hydrogen) atoms. The van der Waals surface area contributed by atoms with Crippen LogP contribution in [0, 0.1) is 0 Å². The number of methoxy groups -OCH3 is 1. The molecule has 0 radical (unpaired) electrons. The molecule has 4 nitrogen and oxygen atoms in total. The van der Waals surface area contributed by atoms with Gasteiger partial charge in [-0.25, -0.2) is 4.79 Å². The van der Waals surface area contributed by atoms with Crippen molar-refractivity contribution in [2.24, 2.45) is 0 Å². The van der Waals surface area contributed by atoms with Crippen LogP contribution < -0.4 is 5.30 Å². The third-order valence-corrected chi connectivity index (χ3v) is 4.49. The van der Waals surface area contributed by atoms with Crippen LogP contribution in [0.3, 0.4) is 0 Å². The summed E-state index contributed by atoms with van der Waals surface area (Å²) in [6.45, 7) is 1.96. The molecule has 1 rings (SSSR count). The Morgan fingerprint density at radius 2 is 2.18 bits per heavy atom. The quantitative estimate of drug-likeness (QED) is 0.647. The Morgan fingerprint density at radius 3 is 2.76 bits per heavy atom. The van der Waals surface area contributed by atoms with Crippen molar-refractivity contribution in [1.29, 1.82) is 0 Å². The minimum absolute atomic E-state index is 0.244. The summed E-state index contributed by atoms with van der Waals surface area (Å²) in [6.07, 6.45) is 1.80. The molecule has 0 aliphatic carbocycles. The van der Waals surface area contributed by atoms with E-state index in [1.807, 2.05) is 6.92 Å². The number of benzene rings is 1. The summed E-state index contributed by atoms with van der Waals surface area (Å²) in [5.74, 6) is -0.498. The van der Waals surface area contributed by atoms with E-state index in [4.69, 9.17) is 0 Å². The molecule has 1 aromatic rings. The van der Waals surface area contributed by atoms with Crippen LogP contribution in [-0.2, 0) is 9.30 Å². The Morgan fingerprint density at radius 1 is 1.47 bits per heavy atom. The molecule has 1 N–H and O–H groups in total. The molecule has 94 valence electrons. The second kappa shape index (κ2) is 5.99. The monoisotopic (exact) mass is 256 g/mol. The van der Waals surface area contributed by atoms with Gasteiger partial charge in [0, 0.05) is 11.5 Å². The molecule has 0 amide bonds. The van der Waals surface area contributed by atoms with E-state index in [1.54, 1.807) is 18.2 Å². The molecule has 0 spiro atoms. The van der Waals surface area contributed by atoms with Gasteiger partial charge >= 0.3 is 5.97 Å². The maximum absolute atomic E-state index is 12.0. The Bertz CT molecular complexity index is 442. The molecule has 0 bridgehead atoms. The molecule has 0 aliphatic rings. The highest BCUT2D eigenvalue weighted by Gasteiger charge is 2.21. The highest BCUT2D eigenvalue weighted by molar-refractivity contribution is 7.66. The fourth-order valence-electron chi connectivity index (χ4n) is 1.47. The topological polar surface area (TPSA) is 63.6 Å². The van der Waals surface area contributed by atoms with Gasteiger partial charge in [-0.1, -0.05) is 19.4 Å². The van der Waals surface area contributed by atoms with Crippen LogP contribution in [0.2, 0.25) is 0 Å². The first-order chi connectivity index (χ1) is 8.01. The van der Waals surface area contributed by atoms with Crippen LogP contribution in [0.4, 0.5) is 0 Å². The Kier molecular flexibility index (Phi) is 4.91. The van der Waals surface area contributed by atoms with Crippen LogP contribution in [0.15, 0.2) is 24.3 Å². The average Bonchev–Trinajstić information content (AvgIpc) is 2.35. The van der Waals surface area contributed by atoms with Crippen molar-refractivity contribution in [2.75, 3.05) is 13.3 Å². The standard InChI is InChI=1S/C12H17O4P/c1-3-4-8-17(14,15)11-7-5-6-10(9-11)12(13)16-2/h5-7,9H,3-4,8H2,1-2H3,(H,14,15). The van der Waals surface area contributed by atoms with Gasteiger partial charge in [-0.3, -0.25) is 4.57 Å². The zero-order chi connectivity index (χ0) is 12.9. The van der Waals surface area contributed by atoms with Crippen molar-refractivity contribution in [3.05, 3.63) is 29.8 Å². The van der Waals surface area contributed by atoms with E-state index in [1.165, 1.54) is 13.2 Å². The maximum atomic E-state index is 12.0. The highest BCUT2D eigenvalue weighted by Crippen LogP contribution is 2.40. The van der Waals surface area contributed by atoms with E-state index < -0.39 is 13.3 Å². The average molecular weight is 256 g/mol. The number of unbranched alkanes of at least 4 members (excludes halogenated alkanes) is 1. The fourth-order valence-corrected chi connectivity index (χ4v) is 3.13. The molecule has 1 atom stereocenters. The van der Waals surface area contributed by atoms with E-state index in [-0.39, 0.29) is 6.16 Å². The lowest BCUT2D eigenvalue weighted by molar-refractivity contribution is 0.0601. The Hall–Kier alpha value is -1.12. The van der Waals surface area contributed by atoms with Crippen molar-refractivity contribution in [2.45, 2.75) is 19.8 Å². The number of esters is 1. The number of carbonyl (C=O) groups excluding carboxylic acids is 1. The second-order valence-electron chi connectivity index (χ2n) is 3.82. The molecule has 1 aromatic carbocycles. The van der Waals surface area contributed by atoms with Crippen molar-refractivity contribution in [3.8, 4) is 0 Å². The predicted octanol–water partition coefficient (Wildman–Crippen LogP) is 2.17. The van der Waals surface area contributed by atoms with E-state index in [9.17, 15) is 14.3 Å². The molecule has 5 heteroatoms. The lowest BCUT2D eigenvalue weighted by Crippen LogP contribution is -2.11.